The number of nitrogens with one attached hydrogen (secondary N) is 1. The van der Waals surface area contributed by atoms with Gasteiger partial charge in [0.15, 0.2) is 11.5 Å². The second-order valence-electron chi connectivity index (χ2n) is 6.00. The van der Waals surface area contributed by atoms with E-state index in [0.717, 1.165) is 36.3 Å². The Kier molecular flexibility index (Phi) is 4.86. The lowest BCUT2D eigenvalue weighted by Crippen LogP contribution is -2.19. The van der Waals surface area contributed by atoms with E-state index in [1.54, 1.807) is 7.11 Å². The van der Waals surface area contributed by atoms with Crippen LogP contribution in [0.25, 0.3) is 0 Å². The first kappa shape index (κ1) is 14.5. The summed E-state index contributed by atoms with van der Waals surface area (Å²) in [4.78, 5) is 0. The van der Waals surface area contributed by atoms with Gasteiger partial charge >= 0.3 is 0 Å². The molecule has 0 atom stereocenters. The lowest BCUT2D eigenvalue weighted by atomic mass is 9.87. The lowest BCUT2D eigenvalue weighted by molar-refractivity contribution is 0.171. The Morgan fingerprint density at radius 2 is 2.05 bits per heavy atom. The fourth-order valence-electron chi connectivity index (χ4n) is 3.30. The predicted molar refractivity (Wildman–Crippen MR) is 82.0 cm³/mol. The third-order valence-electron chi connectivity index (χ3n) is 4.50. The van der Waals surface area contributed by atoms with E-state index in [9.17, 15) is 0 Å². The molecule has 0 unspecified atom stereocenters. The van der Waals surface area contributed by atoms with Crippen molar-refractivity contribution in [2.75, 3.05) is 20.4 Å². The summed E-state index contributed by atoms with van der Waals surface area (Å²) >= 11 is 0. The number of rotatable bonds is 6. The molecule has 0 spiro atoms. The van der Waals surface area contributed by atoms with Gasteiger partial charge in [-0.2, -0.15) is 0 Å². The Balaban J connectivity index is 1.49. The minimum absolute atomic E-state index is 0.282. The second kappa shape index (κ2) is 7.03. The van der Waals surface area contributed by atoms with Gasteiger partial charge in [0, 0.05) is 6.54 Å². The van der Waals surface area contributed by atoms with Crippen LogP contribution in [0.2, 0.25) is 0 Å². The Bertz CT molecular complexity index is 469. The van der Waals surface area contributed by atoms with Gasteiger partial charge in [0.05, 0.1) is 7.11 Å². The van der Waals surface area contributed by atoms with E-state index >= 15 is 0 Å². The van der Waals surface area contributed by atoms with Crippen molar-refractivity contribution in [2.24, 2.45) is 5.92 Å². The molecule has 0 saturated heterocycles. The Morgan fingerprint density at radius 1 is 1.19 bits per heavy atom. The molecule has 0 amide bonds. The van der Waals surface area contributed by atoms with Crippen LogP contribution in [0.4, 0.5) is 0 Å². The summed E-state index contributed by atoms with van der Waals surface area (Å²) in [6.45, 7) is 2.21. The van der Waals surface area contributed by atoms with Crippen molar-refractivity contribution in [1.29, 1.82) is 0 Å². The molecule has 1 aliphatic heterocycles. The first-order chi connectivity index (χ1) is 10.4. The summed E-state index contributed by atoms with van der Waals surface area (Å²) in [6, 6.07) is 4.07. The molecule has 1 aromatic carbocycles. The fourth-order valence-corrected chi connectivity index (χ4v) is 3.30. The van der Waals surface area contributed by atoms with E-state index in [4.69, 9.17) is 14.2 Å². The molecular formula is C17H25NO3. The van der Waals surface area contributed by atoms with Gasteiger partial charge in [-0.15, -0.1) is 0 Å². The smallest absolute Gasteiger partial charge is 0.231 e. The van der Waals surface area contributed by atoms with Gasteiger partial charge in [-0.3, -0.25) is 0 Å². The van der Waals surface area contributed by atoms with Gasteiger partial charge in [0.1, 0.15) is 0 Å². The zero-order valence-corrected chi connectivity index (χ0v) is 12.8. The largest absolute Gasteiger partial charge is 0.493 e. The normalized spacial score (nSPS) is 18.0. The number of benzene rings is 1. The highest BCUT2D eigenvalue weighted by atomic mass is 16.7. The van der Waals surface area contributed by atoms with Crippen molar-refractivity contribution in [3.63, 3.8) is 0 Å². The fraction of sp³-hybridized carbons (Fsp3) is 0.647. The van der Waals surface area contributed by atoms with E-state index in [-0.39, 0.29) is 6.79 Å². The molecule has 1 fully saturated rings. The molecule has 21 heavy (non-hydrogen) atoms. The third kappa shape index (κ3) is 3.62. The van der Waals surface area contributed by atoms with Crippen molar-refractivity contribution in [3.8, 4) is 17.2 Å². The molecule has 1 saturated carbocycles. The number of ether oxygens (including phenoxy) is 3. The Hall–Kier alpha value is -1.42. The summed E-state index contributed by atoms with van der Waals surface area (Å²) in [6.07, 6.45) is 8.40. The number of fused-ring (bicyclic) bond motifs is 1. The molecule has 1 N–H and O–H groups in total. The maximum Gasteiger partial charge on any atom is 0.231 e. The van der Waals surface area contributed by atoms with Crippen molar-refractivity contribution >= 4 is 0 Å². The van der Waals surface area contributed by atoms with E-state index in [0.29, 0.717) is 0 Å². The second-order valence-corrected chi connectivity index (χ2v) is 6.00. The van der Waals surface area contributed by atoms with Crippen LogP contribution in [0, 0.1) is 5.92 Å². The average Bonchev–Trinajstić information content (AvgIpc) is 3.00. The highest BCUT2D eigenvalue weighted by Gasteiger charge is 2.20. The van der Waals surface area contributed by atoms with Crippen LogP contribution in [-0.2, 0) is 6.54 Å². The summed E-state index contributed by atoms with van der Waals surface area (Å²) in [7, 11) is 1.66. The van der Waals surface area contributed by atoms with Gasteiger partial charge in [0.25, 0.3) is 0 Å². The van der Waals surface area contributed by atoms with E-state index < -0.39 is 0 Å². The Labute approximate surface area is 126 Å². The molecule has 0 bridgehead atoms. The van der Waals surface area contributed by atoms with Gasteiger partial charge in [0.2, 0.25) is 12.5 Å². The average molecular weight is 291 g/mol. The highest BCUT2D eigenvalue weighted by Crippen LogP contribution is 2.41. The van der Waals surface area contributed by atoms with Crippen molar-refractivity contribution in [3.05, 3.63) is 17.7 Å². The van der Waals surface area contributed by atoms with Gasteiger partial charge < -0.3 is 19.5 Å². The first-order valence-electron chi connectivity index (χ1n) is 8.04. The van der Waals surface area contributed by atoms with Crippen LogP contribution in [0.15, 0.2) is 12.1 Å². The molecule has 2 aliphatic rings. The molecule has 0 aromatic heterocycles. The maximum atomic E-state index is 5.45. The summed E-state index contributed by atoms with van der Waals surface area (Å²) in [5, 5.41) is 3.54. The molecule has 4 heteroatoms. The van der Waals surface area contributed by atoms with E-state index in [2.05, 4.69) is 5.32 Å². The molecule has 116 valence electrons. The Morgan fingerprint density at radius 3 is 2.86 bits per heavy atom. The van der Waals surface area contributed by atoms with Crippen molar-refractivity contribution in [2.45, 2.75) is 45.1 Å². The van der Waals surface area contributed by atoms with Crippen LogP contribution >= 0.6 is 0 Å². The van der Waals surface area contributed by atoms with Crippen LogP contribution in [0.1, 0.15) is 44.1 Å². The first-order valence-corrected chi connectivity index (χ1v) is 8.04. The zero-order valence-electron chi connectivity index (χ0n) is 12.8. The van der Waals surface area contributed by atoms with Gasteiger partial charge in [-0.05, 0) is 36.6 Å². The SMILES string of the molecule is COc1cc(CNCCC2CCCCC2)cc2c1OCO2. The molecule has 1 heterocycles. The van der Waals surface area contributed by atoms with Crippen LogP contribution < -0.4 is 19.5 Å². The minimum atomic E-state index is 0.282. The monoisotopic (exact) mass is 291 g/mol. The topological polar surface area (TPSA) is 39.7 Å². The molecule has 3 rings (SSSR count). The highest BCUT2D eigenvalue weighted by molar-refractivity contribution is 5.55. The van der Waals surface area contributed by atoms with E-state index in [1.807, 2.05) is 12.1 Å². The lowest BCUT2D eigenvalue weighted by Gasteiger charge is -2.21. The zero-order chi connectivity index (χ0) is 14.5. The predicted octanol–water partition coefficient (Wildman–Crippen LogP) is 3.48. The molecule has 4 nitrogen and oxygen atoms in total. The molecule has 1 aliphatic carbocycles. The van der Waals surface area contributed by atoms with Crippen LogP contribution in [0.3, 0.4) is 0 Å². The van der Waals surface area contributed by atoms with Crippen LogP contribution in [0.5, 0.6) is 17.2 Å². The molecule has 0 radical (unpaired) electrons. The molecule has 1 aromatic rings. The maximum absolute atomic E-state index is 5.45. The van der Waals surface area contributed by atoms with Crippen LogP contribution in [-0.4, -0.2) is 20.4 Å². The van der Waals surface area contributed by atoms with Gasteiger partial charge in [-0.1, -0.05) is 32.1 Å². The number of hydrogen-bond donors (Lipinski definition) is 1. The summed E-state index contributed by atoms with van der Waals surface area (Å²) in [5.74, 6) is 3.20. The minimum Gasteiger partial charge on any atom is -0.493 e. The standard InChI is InChI=1S/C17H25NO3/c1-19-15-9-14(10-16-17(15)21-12-20-16)11-18-8-7-13-5-3-2-4-6-13/h9-10,13,18H,2-8,11-12H2,1H3. The number of methoxy groups -OCH3 is 1. The molecular weight excluding hydrogens is 266 g/mol. The van der Waals surface area contributed by atoms with E-state index in [1.165, 1.54) is 44.1 Å². The summed E-state index contributed by atoms with van der Waals surface area (Å²) < 4.78 is 16.2. The third-order valence-corrected chi connectivity index (χ3v) is 4.50. The number of hydrogen-bond acceptors (Lipinski definition) is 4. The van der Waals surface area contributed by atoms with Gasteiger partial charge in [-0.25, -0.2) is 0 Å². The van der Waals surface area contributed by atoms with Crippen molar-refractivity contribution in [1.82, 2.24) is 5.32 Å². The quantitative estimate of drug-likeness (QED) is 0.815. The summed E-state index contributed by atoms with van der Waals surface area (Å²) in [5.41, 5.74) is 1.18. The van der Waals surface area contributed by atoms with Crippen molar-refractivity contribution < 1.29 is 14.2 Å².